The molecule has 1 aromatic carbocycles. The van der Waals surface area contributed by atoms with Crippen LogP contribution in [0.2, 0.25) is 0 Å². The van der Waals surface area contributed by atoms with E-state index in [-0.39, 0.29) is 0 Å². The lowest BCUT2D eigenvalue weighted by molar-refractivity contribution is 0.327. The molecule has 0 radical (unpaired) electrons. The molecule has 0 bridgehead atoms. The smallest absolute Gasteiger partial charge is 0.0423 e. The van der Waals surface area contributed by atoms with Crippen molar-refractivity contribution in [2.24, 2.45) is 5.92 Å². The van der Waals surface area contributed by atoms with Crippen LogP contribution in [0.1, 0.15) is 39.0 Å². The van der Waals surface area contributed by atoms with Crippen LogP contribution in [0.3, 0.4) is 0 Å². The molecule has 3 rings (SSSR count). The third kappa shape index (κ3) is 2.73. The first kappa shape index (κ1) is 12.5. The molecule has 0 spiro atoms. The third-order valence-electron chi connectivity index (χ3n) is 4.40. The van der Waals surface area contributed by atoms with Gasteiger partial charge in [-0.05, 0) is 30.9 Å². The average molecular weight is 254 g/mol. The van der Waals surface area contributed by atoms with Crippen LogP contribution in [-0.2, 0) is 0 Å². The Morgan fingerprint density at radius 3 is 3.11 bits per heavy atom. The van der Waals surface area contributed by atoms with Crippen LogP contribution in [0.25, 0.3) is 10.8 Å². The Balaban J connectivity index is 1.81. The largest absolute Gasteiger partial charge is 0.382 e. The summed E-state index contributed by atoms with van der Waals surface area (Å²) in [5.41, 5.74) is 1.27. The molecular weight excluding hydrogens is 232 g/mol. The van der Waals surface area contributed by atoms with Crippen LogP contribution in [0.15, 0.2) is 36.7 Å². The predicted molar refractivity (Wildman–Crippen MR) is 81.4 cm³/mol. The number of fused-ring (bicyclic) bond motifs is 1. The van der Waals surface area contributed by atoms with E-state index in [0.717, 1.165) is 5.92 Å². The van der Waals surface area contributed by atoms with E-state index in [4.69, 9.17) is 0 Å². The van der Waals surface area contributed by atoms with Crippen LogP contribution < -0.4 is 5.32 Å². The molecule has 1 aromatic heterocycles. The number of hydrogen-bond donors (Lipinski definition) is 1. The molecule has 2 aromatic rings. The maximum absolute atomic E-state index is 4.20. The van der Waals surface area contributed by atoms with Gasteiger partial charge in [-0.25, -0.2) is 0 Å². The number of nitrogens with zero attached hydrogens (tertiary/aromatic N) is 1. The van der Waals surface area contributed by atoms with Crippen molar-refractivity contribution in [3.63, 3.8) is 0 Å². The summed E-state index contributed by atoms with van der Waals surface area (Å²) in [6, 6.07) is 9.18. The molecule has 1 heterocycles. The summed E-state index contributed by atoms with van der Waals surface area (Å²) >= 11 is 0. The second kappa shape index (κ2) is 5.60. The molecule has 2 heteroatoms. The second-order valence-corrected chi connectivity index (χ2v) is 5.68. The van der Waals surface area contributed by atoms with Crippen LogP contribution in [0.5, 0.6) is 0 Å². The number of hydrogen-bond acceptors (Lipinski definition) is 2. The van der Waals surface area contributed by atoms with Gasteiger partial charge in [-0.15, -0.1) is 0 Å². The van der Waals surface area contributed by atoms with Crippen LogP contribution in [0.4, 0.5) is 5.69 Å². The van der Waals surface area contributed by atoms with Gasteiger partial charge in [0.05, 0.1) is 0 Å². The summed E-state index contributed by atoms with van der Waals surface area (Å²) < 4.78 is 0. The summed E-state index contributed by atoms with van der Waals surface area (Å²) in [6.07, 6.45) is 10.5. The van der Waals surface area contributed by atoms with Crippen LogP contribution in [-0.4, -0.2) is 11.0 Å². The lowest BCUT2D eigenvalue weighted by Crippen LogP contribution is -2.27. The van der Waals surface area contributed by atoms with Crippen molar-refractivity contribution in [3.05, 3.63) is 36.7 Å². The van der Waals surface area contributed by atoms with E-state index in [2.05, 4.69) is 41.5 Å². The van der Waals surface area contributed by atoms with Crippen molar-refractivity contribution in [3.8, 4) is 0 Å². The molecule has 1 aliphatic rings. The lowest BCUT2D eigenvalue weighted by Gasteiger charge is -2.30. The molecule has 1 N–H and O–H groups in total. The normalized spacial score (nSPS) is 23.4. The van der Waals surface area contributed by atoms with Gasteiger partial charge in [-0.3, -0.25) is 4.98 Å². The average Bonchev–Trinajstić information content (AvgIpc) is 2.48. The zero-order valence-electron chi connectivity index (χ0n) is 11.6. The Bertz CT molecular complexity index is 544. The monoisotopic (exact) mass is 254 g/mol. The first-order chi connectivity index (χ1) is 9.36. The van der Waals surface area contributed by atoms with E-state index in [1.807, 2.05) is 12.4 Å². The van der Waals surface area contributed by atoms with Crippen molar-refractivity contribution in [2.45, 2.75) is 45.1 Å². The van der Waals surface area contributed by atoms with Gasteiger partial charge in [0, 0.05) is 34.9 Å². The van der Waals surface area contributed by atoms with Gasteiger partial charge in [0.25, 0.3) is 0 Å². The molecule has 2 unspecified atom stereocenters. The maximum atomic E-state index is 4.20. The summed E-state index contributed by atoms with van der Waals surface area (Å²) in [7, 11) is 0. The molecule has 100 valence electrons. The summed E-state index contributed by atoms with van der Waals surface area (Å²) in [5, 5.41) is 6.27. The predicted octanol–water partition coefficient (Wildman–Crippen LogP) is 4.62. The number of nitrogens with one attached hydrogen (secondary N) is 1. The first-order valence-corrected chi connectivity index (χ1v) is 7.46. The van der Waals surface area contributed by atoms with Crippen molar-refractivity contribution >= 4 is 16.5 Å². The number of aromatic nitrogens is 1. The molecule has 0 amide bonds. The molecule has 19 heavy (non-hydrogen) atoms. The highest BCUT2D eigenvalue weighted by Crippen LogP contribution is 2.30. The zero-order chi connectivity index (χ0) is 13.1. The van der Waals surface area contributed by atoms with Crippen molar-refractivity contribution in [1.82, 2.24) is 4.98 Å². The molecule has 1 saturated carbocycles. The van der Waals surface area contributed by atoms with E-state index in [1.165, 1.54) is 48.6 Å². The fourth-order valence-corrected chi connectivity index (χ4v) is 3.26. The summed E-state index contributed by atoms with van der Waals surface area (Å²) in [4.78, 5) is 4.20. The van der Waals surface area contributed by atoms with Crippen LogP contribution in [0, 0.1) is 5.92 Å². The SMILES string of the molecule is CCC1CCCC(Nc2cccc3cnccc23)C1. The van der Waals surface area contributed by atoms with Gasteiger partial charge in [-0.2, -0.15) is 0 Å². The Hall–Kier alpha value is -1.57. The van der Waals surface area contributed by atoms with Gasteiger partial charge in [0.1, 0.15) is 0 Å². The fourth-order valence-electron chi connectivity index (χ4n) is 3.26. The molecule has 2 nitrogen and oxygen atoms in total. The highest BCUT2D eigenvalue weighted by Gasteiger charge is 2.20. The fraction of sp³-hybridized carbons (Fsp3) is 0.471. The maximum Gasteiger partial charge on any atom is 0.0423 e. The van der Waals surface area contributed by atoms with E-state index in [1.54, 1.807) is 0 Å². The zero-order valence-corrected chi connectivity index (χ0v) is 11.6. The highest BCUT2D eigenvalue weighted by atomic mass is 14.9. The van der Waals surface area contributed by atoms with Gasteiger partial charge in [-0.1, -0.05) is 38.3 Å². The van der Waals surface area contributed by atoms with Gasteiger partial charge >= 0.3 is 0 Å². The molecule has 1 aliphatic carbocycles. The van der Waals surface area contributed by atoms with Crippen molar-refractivity contribution in [2.75, 3.05) is 5.32 Å². The Morgan fingerprint density at radius 1 is 1.26 bits per heavy atom. The molecule has 2 atom stereocenters. The Labute approximate surface area is 115 Å². The molecule has 1 fully saturated rings. The minimum Gasteiger partial charge on any atom is -0.382 e. The number of pyridine rings is 1. The van der Waals surface area contributed by atoms with Crippen LogP contribution >= 0.6 is 0 Å². The standard InChI is InChI=1S/C17H22N2/c1-2-13-5-3-7-15(11-13)19-17-8-4-6-14-12-18-10-9-16(14)17/h4,6,8-10,12-13,15,19H,2-3,5,7,11H2,1H3. The first-order valence-electron chi connectivity index (χ1n) is 7.46. The van der Waals surface area contributed by atoms with Gasteiger partial charge in [0.2, 0.25) is 0 Å². The van der Waals surface area contributed by atoms with E-state index < -0.39 is 0 Å². The summed E-state index contributed by atoms with van der Waals surface area (Å²) in [5.74, 6) is 0.905. The third-order valence-corrected chi connectivity index (χ3v) is 4.40. The molecular formula is C17H22N2. The Kier molecular flexibility index (Phi) is 3.67. The Morgan fingerprint density at radius 2 is 2.21 bits per heavy atom. The van der Waals surface area contributed by atoms with Gasteiger partial charge < -0.3 is 5.32 Å². The number of benzene rings is 1. The minimum atomic E-state index is 0.637. The quantitative estimate of drug-likeness (QED) is 0.864. The second-order valence-electron chi connectivity index (χ2n) is 5.68. The van der Waals surface area contributed by atoms with E-state index in [9.17, 15) is 0 Å². The summed E-state index contributed by atoms with van der Waals surface area (Å²) in [6.45, 7) is 2.32. The van der Waals surface area contributed by atoms with E-state index >= 15 is 0 Å². The van der Waals surface area contributed by atoms with Crippen molar-refractivity contribution in [1.29, 1.82) is 0 Å². The molecule has 0 saturated heterocycles. The topological polar surface area (TPSA) is 24.9 Å². The van der Waals surface area contributed by atoms with Gasteiger partial charge in [0.15, 0.2) is 0 Å². The lowest BCUT2D eigenvalue weighted by atomic mass is 9.84. The minimum absolute atomic E-state index is 0.637. The number of rotatable bonds is 3. The highest BCUT2D eigenvalue weighted by molar-refractivity contribution is 5.93. The number of anilines is 1. The van der Waals surface area contributed by atoms with E-state index in [0.29, 0.717) is 6.04 Å². The van der Waals surface area contributed by atoms with Crippen molar-refractivity contribution < 1.29 is 0 Å². The molecule has 0 aliphatic heterocycles.